The minimum atomic E-state index is 0.0481. The SMILES string of the molecule is c1ccc(CCCN2CCN(CCOC3c4ccccc4CCCc4ccccc43)CC2)cc1. The average Bonchev–Trinajstić information content (AvgIpc) is 2.88. The largest absolute Gasteiger partial charge is 0.367 e. The van der Waals surface area contributed by atoms with Gasteiger partial charge in [0.1, 0.15) is 6.10 Å². The van der Waals surface area contributed by atoms with Crippen LogP contribution in [0, 0.1) is 0 Å². The van der Waals surface area contributed by atoms with Crippen LogP contribution in [0.3, 0.4) is 0 Å². The third-order valence-electron chi connectivity index (χ3n) is 7.51. The van der Waals surface area contributed by atoms with E-state index in [4.69, 9.17) is 4.74 Å². The van der Waals surface area contributed by atoms with Crippen molar-refractivity contribution in [2.24, 2.45) is 0 Å². The van der Waals surface area contributed by atoms with E-state index in [9.17, 15) is 0 Å². The molecule has 5 rings (SSSR count). The monoisotopic (exact) mass is 454 g/mol. The Morgan fingerprint density at radius 3 is 1.85 bits per heavy atom. The summed E-state index contributed by atoms with van der Waals surface area (Å²) in [5.41, 5.74) is 7.07. The molecule has 34 heavy (non-hydrogen) atoms. The normalized spacial score (nSPS) is 17.5. The summed E-state index contributed by atoms with van der Waals surface area (Å²) in [5.74, 6) is 0. The lowest BCUT2D eigenvalue weighted by Crippen LogP contribution is -2.47. The van der Waals surface area contributed by atoms with E-state index < -0.39 is 0 Å². The zero-order chi connectivity index (χ0) is 23.0. The molecule has 0 atom stereocenters. The third-order valence-corrected chi connectivity index (χ3v) is 7.51. The van der Waals surface area contributed by atoms with Crippen LogP contribution in [0.15, 0.2) is 78.9 Å². The Balaban J connectivity index is 1.12. The summed E-state index contributed by atoms with van der Waals surface area (Å²) < 4.78 is 6.66. The molecule has 3 nitrogen and oxygen atoms in total. The fraction of sp³-hybridized carbons (Fsp3) is 0.419. The molecule has 3 aromatic rings. The maximum atomic E-state index is 6.66. The minimum absolute atomic E-state index is 0.0481. The number of benzene rings is 3. The summed E-state index contributed by atoms with van der Waals surface area (Å²) in [5, 5.41) is 0. The zero-order valence-corrected chi connectivity index (χ0v) is 20.4. The maximum Gasteiger partial charge on any atom is 0.108 e. The van der Waals surface area contributed by atoms with Crippen molar-refractivity contribution in [2.45, 2.75) is 38.2 Å². The molecule has 1 saturated heterocycles. The lowest BCUT2D eigenvalue weighted by atomic mass is 9.87. The van der Waals surface area contributed by atoms with E-state index in [2.05, 4.69) is 88.7 Å². The maximum absolute atomic E-state index is 6.66. The van der Waals surface area contributed by atoms with Crippen LogP contribution in [0.25, 0.3) is 0 Å². The number of rotatable bonds is 8. The summed E-state index contributed by atoms with van der Waals surface area (Å²) in [6, 6.07) is 28.7. The van der Waals surface area contributed by atoms with Gasteiger partial charge in [0, 0.05) is 32.7 Å². The molecule has 1 heterocycles. The molecule has 2 aliphatic rings. The number of ether oxygens (including phenoxy) is 1. The van der Waals surface area contributed by atoms with Crippen LogP contribution in [0.4, 0.5) is 0 Å². The number of hydrogen-bond donors (Lipinski definition) is 0. The van der Waals surface area contributed by atoms with Crippen LogP contribution in [0.5, 0.6) is 0 Å². The van der Waals surface area contributed by atoms with Gasteiger partial charge < -0.3 is 9.64 Å². The van der Waals surface area contributed by atoms with E-state index in [1.165, 1.54) is 66.7 Å². The molecule has 0 N–H and O–H groups in total. The Labute approximate surface area is 205 Å². The highest BCUT2D eigenvalue weighted by molar-refractivity contribution is 5.41. The second-order valence-electron chi connectivity index (χ2n) is 9.77. The number of piperazine rings is 1. The first-order chi connectivity index (χ1) is 16.9. The van der Waals surface area contributed by atoms with Gasteiger partial charge in [-0.05, 0) is 66.5 Å². The Morgan fingerprint density at radius 2 is 1.21 bits per heavy atom. The lowest BCUT2D eigenvalue weighted by molar-refractivity contribution is 0.0442. The first-order valence-corrected chi connectivity index (χ1v) is 13.1. The average molecular weight is 455 g/mol. The molecule has 3 aromatic carbocycles. The zero-order valence-electron chi connectivity index (χ0n) is 20.4. The molecule has 0 saturated carbocycles. The molecule has 178 valence electrons. The topological polar surface area (TPSA) is 15.7 Å². The van der Waals surface area contributed by atoms with Crippen molar-refractivity contribution in [1.29, 1.82) is 0 Å². The second-order valence-corrected chi connectivity index (χ2v) is 9.77. The van der Waals surface area contributed by atoms with Gasteiger partial charge >= 0.3 is 0 Å². The Morgan fingerprint density at radius 1 is 0.647 bits per heavy atom. The lowest BCUT2D eigenvalue weighted by Gasteiger charge is -2.35. The van der Waals surface area contributed by atoms with Crippen molar-refractivity contribution in [3.05, 3.63) is 107 Å². The van der Waals surface area contributed by atoms with Crippen molar-refractivity contribution in [1.82, 2.24) is 9.80 Å². The van der Waals surface area contributed by atoms with E-state index in [0.29, 0.717) is 0 Å². The van der Waals surface area contributed by atoms with Crippen molar-refractivity contribution in [2.75, 3.05) is 45.9 Å². The predicted octanol–water partition coefficient (Wildman–Crippen LogP) is 5.53. The van der Waals surface area contributed by atoms with Gasteiger partial charge in [0.25, 0.3) is 0 Å². The van der Waals surface area contributed by atoms with Crippen molar-refractivity contribution in [3.8, 4) is 0 Å². The van der Waals surface area contributed by atoms with E-state index in [1.54, 1.807) is 0 Å². The second kappa shape index (κ2) is 11.8. The molecule has 1 aliphatic heterocycles. The summed E-state index contributed by atoms with van der Waals surface area (Å²) in [7, 11) is 0. The number of nitrogens with zero attached hydrogens (tertiary/aromatic N) is 2. The van der Waals surface area contributed by atoms with Gasteiger partial charge in [-0.2, -0.15) is 0 Å². The van der Waals surface area contributed by atoms with E-state index in [0.717, 1.165) is 39.1 Å². The number of aryl methyl sites for hydroxylation is 3. The van der Waals surface area contributed by atoms with Crippen LogP contribution >= 0.6 is 0 Å². The number of fused-ring (bicyclic) bond motifs is 2. The first kappa shape index (κ1) is 23.3. The first-order valence-electron chi connectivity index (χ1n) is 13.1. The molecule has 0 unspecified atom stereocenters. The molecular weight excluding hydrogens is 416 g/mol. The van der Waals surface area contributed by atoms with Crippen LogP contribution < -0.4 is 0 Å². The van der Waals surface area contributed by atoms with Gasteiger partial charge in [0.05, 0.1) is 6.61 Å². The summed E-state index contributed by atoms with van der Waals surface area (Å²) in [4.78, 5) is 5.20. The van der Waals surface area contributed by atoms with Gasteiger partial charge in [0.2, 0.25) is 0 Å². The highest BCUT2D eigenvalue weighted by Crippen LogP contribution is 2.34. The van der Waals surface area contributed by atoms with Crippen molar-refractivity contribution < 1.29 is 4.74 Å². The van der Waals surface area contributed by atoms with Gasteiger partial charge in [-0.1, -0.05) is 78.9 Å². The molecule has 3 heteroatoms. The summed E-state index contributed by atoms with van der Waals surface area (Å²) >= 11 is 0. The highest BCUT2D eigenvalue weighted by atomic mass is 16.5. The van der Waals surface area contributed by atoms with Crippen LogP contribution in [0.1, 0.15) is 46.8 Å². The molecule has 0 bridgehead atoms. The van der Waals surface area contributed by atoms with E-state index in [-0.39, 0.29) is 6.10 Å². The Bertz CT molecular complexity index is 979. The highest BCUT2D eigenvalue weighted by Gasteiger charge is 2.23. The smallest absolute Gasteiger partial charge is 0.108 e. The molecule has 0 radical (unpaired) electrons. The molecule has 0 spiro atoms. The Kier molecular flexibility index (Phi) is 8.08. The predicted molar refractivity (Wildman–Crippen MR) is 140 cm³/mol. The van der Waals surface area contributed by atoms with Crippen LogP contribution in [-0.4, -0.2) is 55.7 Å². The fourth-order valence-corrected chi connectivity index (χ4v) is 5.54. The fourth-order valence-electron chi connectivity index (χ4n) is 5.54. The van der Waals surface area contributed by atoms with Crippen molar-refractivity contribution in [3.63, 3.8) is 0 Å². The minimum Gasteiger partial charge on any atom is -0.367 e. The Hall–Kier alpha value is -2.46. The van der Waals surface area contributed by atoms with Crippen molar-refractivity contribution >= 4 is 0 Å². The molecule has 0 amide bonds. The van der Waals surface area contributed by atoms with Gasteiger partial charge in [0.15, 0.2) is 0 Å². The quantitative estimate of drug-likeness (QED) is 0.445. The van der Waals surface area contributed by atoms with Crippen LogP contribution in [-0.2, 0) is 24.0 Å². The standard InChI is InChI=1S/C31H38N2O/c1-2-10-26(11-3-1)12-9-19-32-20-22-33(23-21-32)24-25-34-31-29-17-6-4-13-27(29)15-8-16-28-14-5-7-18-30(28)31/h1-7,10-11,13-14,17-18,31H,8-9,12,15-16,19-25H2. The van der Waals surface area contributed by atoms with Gasteiger partial charge in [-0.15, -0.1) is 0 Å². The van der Waals surface area contributed by atoms with E-state index >= 15 is 0 Å². The van der Waals surface area contributed by atoms with Gasteiger partial charge in [-0.3, -0.25) is 4.90 Å². The number of hydrogen-bond acceptors (Lipinski definition) is 3. The van der Waals surface area contributed by atoms with Gasteiger partial charge in [-0.25, -0.2) is 0 Å². The molecular formula is C31H38N2O. The third kappa shape index (κ3) is 5.96. The van der Waals surface area contributed by atoms with E-state index in [1.807, 2.05) is 0 Å². The molecule has 0 aromatic heterocycles. The molecule has 1 aliphatic carbocycles. The summed E-state index contributed by atoms with van der Waals surface area (Å²) in [6.07, 6.45) is 5.95. The summed E-state index contributed by atoms with van der Waals surface area (Å²) in [6.45, 7) is 7.63. The molecule has 1 fully saturated rings. The van der Waals surface area contributed by atoms with Crippen LogP contribution in [0.2, 0.25) is 0 Å².